The first kappa shape index (κ1) is 33.0. The number of carboxylic acid groups (broad SMARTS) is 1. The van der Waals surface area contributed by atoms with Crippen LogP contribution in [0.2, 0.25) is 0 Å². The highest BCUT2D eigenvalue weighted by molar-refractivity contribution is 5.97. The monoisotopic (exact) mass is 620 g/mol. The Bertz CT molecular complexity index is 1160. The van der Waals surface area contributed by atoms with Gasteiger partial charge in [-0.1, -0.05) is 19.4 Å². The molecule has 11 nitrogen and oxygen atoms in total. The van der Waals surface area contributed by atoms with Crippen molar-refractivity contribution in [2.45, 2.75) is 83.5 Å². The third-order valence-electron chi connectivity index (χ3n) is 11.3. The highest BCUT2D eigenvalue weighted by atomic mass is 16.6. The van der Waals surface area contributed by atoms with Crippen LogP contribution in [0.25, 0.3) is 0 Å². The van der Waals surface area contributed by atoms with E-state index in [9.17, 15) is 34.5 Å². The maximum atomic E-state index is 14.0. The van der Waals surface area contributed by atoms with Crippen LogP contribution in [0, 0.1) is 52.8 Å². The van der Waals surface area contributed by atoms with Crippen molar-refractivity contribution in [3.8, 4) is 0 Å². The van der Waals surface area contributed by atoms with Gasteiger partial charge in [0.2, 0.25) is 0 Å². The second-order valence-electron chi connectivity index (χ2n) is 14.4. The molecular formula is C33H48O11. The van der Waals surface area contributed by atoms with Crippen molar-refractivity contribution < 1.29 is 53.4 Å². The minimum absolute atomic E-state index is 0.0257. The van der Waals surface area contributed by atoms with E-state index in [4.69, 9.17) is 14.2 Å². The van der Waals surface area contributed by atoms with Gasteiger partial charge in [-0.05, 0) is 74.2 Å². The normalized spacial score (nSPS) is 39.2. The summed E-state index contributed by atoms with van der Waals surface area (Å²) < 4.78 is 23.0. The van der Waals surface area contributed by atoms with Gasteiger partial charge in [0.25, 0.3) is 0 Å². The van der Waals surface area contributed by atoms with Crippen LogP contribution in [0.3, 0.4) is 0 Å². The van der Waals surface area contributed by atoms with Gasteiger partial charge < -0.3 is 34.3 Å². The van der Waals surface area contributed by atoms with Crippen LogP contribution in [0.15, 0.2) is 11.6 Å². The van der Waals surface area contributed by atoms with Crippen LogP contribution in [-0.2, 0) is 38.1 Å². The van der Waals surface area contributed by atoms with Crippen LogP contribution >= 0.6 is 0 Å². The number of hydrogen-bond acceptors (Lipinski definition) is 10. The number of aliphatic hydroxyl groups excluding tert-OH is 1. The number of methoxy groups -OCH3 is 1. The van der Waals surface area contributed by atoms with Crippen molar-refractivity contribution in [1.82, 2.24) is 0 Å². The van der Waals surface area contributed by atoms with Gasteiger partial charge in [0.15, 0.2) is 5.78 Å². The largest absolute Gasteiger partial charge is 0.481 e. The average molecular weight is 621 g/mol. The van der Waals surface area contributed by atoms with E-state index < -0.39 is 66.0 Å². The molecule has 0 radical (unpaired) electrons. The molecule has 0 aromatic rings. The van der Waals surface area contributed by atoms with Crippen molar-refractivity contribution in [2.75, 3.05) is 33.5 Å². The second-order valence-corrected chi connectivity index (χ2v) is 14.4. The molecule has 1 saturated heterocycles. The lowest BCUT2D eigenvalue weighted by Gasteiger charge is -2.63. The fraction of sp³-hybridized carbons (Fsp3) is 0.818. The molecule has 44 heavy (non-hydrogen) atoms. The molecular weight excluding hydrogens is 572 g/mol. The van der Waals surface area contributed by atoms with Crippen LogP contribution in [0.4, 0.5) is 0 Å². The molecule has 1 aliphatic heterocycles. The summed E-state index contributed by atoms with van der Waals surface area (Å²) in [6.45, 7) is 5.11. The highest BCUT2D eigenvalue weighted by Crippen LogP contribution is 2.64. The number of carboxylic acids is 1. The summed E-state index contributed by atoms with van der Waals surface area (Å²) in [6, 6.07) is 0. The second kappa shape index (κ2) is 12.8. The maximum absolute atomic E-state index is 14.0. The number of hydrogen-bond donors (Lipinski definition) is 3. The Morgan fingerprint density at radius 3 is 2.55 bits per heavy atom. The van der Waals surface area contributed by atoms with E-state index in [2.05, 4.69) is 18.6 Å². The van der Waals surface area contributed by atoms with Gasteiger partial charge in [0.1, 0.15) is 11.7 Å². The van der Waals surface area contributed by atoms with Crippen molar-refractivity contribution in [3.63, 3.8) is 0 Å². The number of carbonyl (C=O) groups is 4. The molecule has 11 heteroatoms. The number of rotatable bonds is 10. The molecule has 5 rings (SSSR count). The van der Waals surface area contributed by atoms with Crippen molar-refractivity contribution >= 4 is 23.7 Å². The topological polar surface area (TPSA) is 166 Å². The van der Waals surface area contributed by atoms with E-state index >= 15 is 0 Å². The third kappa shape index (κ3) is 5.97. The molecule has 0 amide bonds. The molecule has 4 fully saturated rings. The summed E-state index contributed by atoms with van der Waals surface area (Å²) in [5, 5.41) is 31.1. The molecule has 1 heterocycles. The molecule has 4 aliphatic carbocycles. The fourth-order valence-electron chi connectivity index (χ4n) is 9.72. The van der Waals surface area contributed by atoms with Gasteiger partial charge in [-0.15, -0.1) is 0 Å². The number of ether oxygens (including phenoxy) is 4. The summed E-state index contributed by atoms with van der Waals surface area (Å²) in [5.74, 6) is -3.28. The summed E-state index contributed by atoms with van der Waals surface area (Å²) >= 11 is 0. The Morgan fingerprint density at radius 1 is 1.16 bits per heavy atom. The van der Waals surface area contributed by atoms with Crippen molar-refractivity contribution in [2.24, 2.45) is 52.8 Å². The standard InChI is InChI=1S/C33H48O11/c1-17(2)9-19-5-6-21-20-7-8-23-22-13-42-16-33(23,24(20)10-25(36)29(21)28(19)31(38)39)11-26(44-18(3)35)30(22)43-15-32(40,14-34)12-27(37)41-4/h10,17,19-23,26,28-30,34,40H,5-9,11-16H2,1-4H3,(H,38,39)/t19?,20?,21?,22?,23?,26-,28?,29?,30-,32?,33+/m1/s1. The van der Waals surface area contributed by atoms with Crippen LogP contribution in [0.5, 0.6) is 0 Å². The molecule has 2 bridgehead atoms. The van der Waals surface area contributed by atoms with Gasteiger partial charge in [0.05, 0.1) is 52.0 Å². The number of esters is 2. The number of aliphatic carboxylic acids is 1. The van der Waals surface area contributed by atoms with Gasteiger partial charge in [0, 0.05) is 24.2 Å². The summed E-state index contributed by atoms with van der Waals surface area (Å²) in [7, 11) is 1.19. The van der Waals surface area contributed by atoms with Crippen LogP contribution in [0.1, 0.15) is 65.7 Å². The lowest BCUT2D eigenvalue weighted by Crippen LogP contribution is -2.64. The Morgan fingerprint density at radius 2 is 1.91 bits per heavy atom. The third-order valence-corrected chi connectivity index (χ3v) is 11.3. The van der Waals surface area contributed by atoms with Gasteiger partial charge in [-0.3, -0.25) is 19.2 Å². The van der Waals surface area contributed by atoms with Gasteiger partial charge in [-0.2, -0.15) is 0 Å². The van der Waals surface area contributed by atoms with Crippen molar-refractivity contribution in [3.05, 3.63) is 11.6 Å². The Balaban J connectivity index is 1.46. The van der Waals surface area contributed by atoms with Crippen LogP contribution < -0.4 is 0 Å². The molecule has 246 valence electrons. The zero-order chi connectivity index (χ0) is 32.0. The minimum atomic E-state index is -1.88. The number of carbonyl (C=O) groups excluding carboxylic acids is 3. The molecule has 3 N–H and O–H groups in total. The summed E-state index contributed by atoms with van der Waals surface area (Å²) in [6.07, 6.45) is 4.26. The summed E-state index contributed by atoms with van der Waals surface area (Å²) in [4.78, 5) is 50.8. The predicted octanol–water partition coefficient (Wildman–Crippen LogP) is 2.55. The zero-order valence-electron chi connectivity index (χ0n) is 26.2. The highest BCUT2D eigenvalue weighted by Gasteiger charge is 2.64. The smallest absolute Gasteiger partial charge is 0.308 e. The van der Waals surface area contributed by atoms with E-state index in [1.54, 1.807) is 6.08 Å². The molecule has 3 saturated carbocycles. The first-order valence-corrected chi connectivity index (χ1v) is 16.1. The minimum Gasteiger partial charge on any atom is -0.481 e. The lowest BCUT2D eigenvalue weighted by atomic mass is 9.45. The summed E-state index contributed by atoms with van der Waals surface area (Å²) in [5.41, 5.74) is -1.44. The van der Waals surface area contributed by atoms with E-state index in [1.807, 2.05) is 0 Å². The molecule has 0 spiro atoms. The Labute approximate surface area is 258 Å². The van der Waals surface area contributed by atoms with Gasteiger partial charge >= 0.3 is 17.9 Å². The Kier molecular flexibility index (Phi) is 9.62. The number of aliphatic hydroxyl groups is 2. The molecule has 0 aromatic carbocycles. The fourth-order valence-corrected chi connectivity index (χ4v) is 9.72. The number of allylic oxidation sites excluding steroid dienone is 1. The first-order chi connectivity index (χ1) is 20.8. The van der Waals surface area contributed by atoms with E-state index in [0.717, 1.165) is 37.7 Å². The quantitative estimate of drug-likeness (QED) is 0.307. The number of fused-ring (bicyclic) bond motifs is 3. The zero-order valence-corrected chi connectivity index (χ0v) is 26.2. The SMILES string of the molecule is COC(=O)CC(O)(CO)CO[C@@H]1C2COC[C@]3(C[C@H]1OC(C)=O)C1=CC(=O)C4C(CCC(CC(C)C)C4C(=O)O)C1CCC23. The predicted molar refractivity (Wildman–Crippen MR) is 155 cm³/mol. The number of ketones is 1. The molecule has 11 atom stereocenters. The van der Waals surface area contributed by atoms with E-state index in [1.165, 1.54) is 14.0 Å². The van der Waals surface area contributed by atoms with E-state index in [-0.39, 0.29) is 42.0 Å². The maximum Gasteiger partial charge on any atom is 0.308 e. The van der Waals surface area contributed by atoms with Gasteiger partial charge in [-0.25, -0.2) is 0 Å². The molecule has 0 aromatic heterocycles. The first-order valence-electron chi connectivity index (χ1n) is 16.1. The Hall–Kier alpha value is -2.34. The molecule has 8 unspecified atom stereocenters. The lowest BCUT2D eigenvalue weighted by molar-refractivity contribution is -0.235. The molecule has 5 aliphatic rings. The average Bonchev–Trinajstić information content (AvgIpc) is 2.95. The van der Waals surface area contributed by atoms with Crippen molar-refractivity contribution in [1.29, 1.82) is 0 Å². The van der Waals surface area contributed by atoms with E-state index in [0.29, 0.717) is 25.6 Å². The van der Waals surface area contributed by atoms with Crippen LogP contribution in [-0.4, -0.2) is 90.4 Å².